The highest BCUT2D eigenvalue weighted by molar-refractivity contribution is 5.91. The average molecular weight is 250 g/mol. The van der Waals surface area contributed by atoms with Gasteiger partial charge >= 0.3 is 0 Å². The largest absolute Gasteiger partial charge is 0.366 e. The van der Waals surface area contributed by atoms with Crippen molar-refractivity contribution in [3.8, 4) is 0 Å². The molecule has 0 aromatic carbocycles. The number of aromatic nitrogens is 2. The molecule has 0 spiro atoms. The number of nitrogens with one attached hydrogen (secondary N) is 2. The second kappa shape index (κ2) is 6.93. The molecule has 0 aliphatic heterocycles. The van der Waals surface area contributed by atoms with Crippen LogP contribution in [-0.2, 0) is 0 Å². The van der Waals surface area contributed by atoms with Gasteiger partial charge in [-0.25, -0.2) is 9.97 Å². The van der Waals surface area contributed by atoms with Gasteiger partial charge in [0.15, 0.2) is 0 Å². The lowest BCUT2D eigenvalue weighted by Gasteiger charge is -2.11. The first-order valence-corrected chi connectivity index (χ1v) is 6.39. The fourth-order valence-corrected chi connectivity index (χ4v) is 1.26. The van der Waals surface area contributed by atoms with Crippen LogP contribution in [0.25, 0.3) is 0 Å². The van der Waals surface area contributed by atoms with Crippen LogP contribution < -0.4 is 10.6 Å². The van der Waals surface area contributed by atoms with Crippen LogP contribution in [0, 0.1) is 5.92 Å². The van der Waals surface area contributed by atoms with Gasteiger partial charge in [0.1, 0.15) is 11.5 Å². The van der Waals surface area contributed by atoms with Gasteiger partial charge in [-0.15, -0.1) is 0 Å². The third-order valence-electron chi connectivity index (χ3n) is 2.56. The molecule has 0 aliphatic carbocycles. The van der Waals surface area contributed by atoms with Gasteiger partial charge in [-0.3, -0.25) is 4.79 Å². The van der Waals surface area contributed by atoms with Gasteiger partial charge in [-0.05, 0) is 19.3 Å². The number of rotatable bonds is 6. The van der Waals surface area contributed by atoms with E-state index in [1.165, 1.54) is 6.20 Å². The van der Waals surface area contributed by atoms with Crippen molar-refractivity contribution in [2.24, 2.45) is 5.92 Å². The third kappa shape index (κ3) is 4.69. The van der Waals surface area contributed by atoms with Crippen molar-refractivity contribution in [2.75, 3.05) is 11.9 Å². The molecule has 1 heterocycles. The van der Waals surface area contributed by atoms with Gasteiger partial charge in [0.2, 0.25) is 0 Å². The van der Waals surface area contributed by atoms with Gasteiger partial charge in [-0.1, -0.05) is 20.8 Å². The van der Waals surface area contributed by atoms with Crippen LogP contribution in [0.3, 0.4) is 0 Å². The van der Waals surface area contributed by atoms with E-state index in [4.69, 9.17) is 0 Å². The Morgan fingerprint density at radius 3 is 2.50 bits per heavy atom. The number of carbonyl (C=O) groups is 1. The molecule has 0 fully saturated rings. The second-order valence-electron chi connectivity index (χ2n) is 4.84. The van der Waals surface area contributed by atoms with Crippen LogP contribution in [0.4, 0.5) is 5.82 Å². The topological polar surface area (TPSA) is 66.9 Å². The van der Waals surface area contributed by atoms with Crippen LogP contribution in [0.5, 0.6) is 0 Å². The van der Waals surface area contributed by atoms with Crippen LogP contribution in [0.15, 0.2) is 12.4 Å². The molecular formula is C13H22N4O. The highest BCUT2D eigenvalue weighted by Gasteiger charge is 2.08. The lowest BCUT2D eigenvalue weighted by molar-refractivity contribution is 0.0943. The minimum absolute atomic E-state index is 0.175. The first-order chi connectivity index (χ1) is 8.52. The molecule has 5 nitrogen and oxygen atoms in total. The number of anilines is 1. The summed E-state index contributed by atoms with van der Waals surface area (Å²) in [5, 5.41) is 6.01. The quantitative estimate of drug-likeness (QED) is 0.811. The van der Waals surface area contributed by atoms with Crippen molar-refractivity contribution in [1.29, 1.82) is 0 Å². The minimum atomic E-state index is -0.175. The number of hydrogen-bond donors (Lipinski definition) is 2. The van der Waals surface area contributed by atoms with Crippen LogP contribution >= 0.6 is 0 Å². The molecule has 5 heteroatoms. The summed E-state index contributed by atoms with van der Waals surface area (Å²) in [4.78, 5) is 20.0. The summed E-state index contributed by atoms with van der Waals surface area (Å²) in [5.74, 6) is 0.948. The maximum Gasteiger partial charge on any atom is 0.271 e. The molecule has 1 atom stereocenters. The maximum atomic E-state index is 11.7. The molecule has 1 amide bonds. The van der Waals surface area contributed by atoms with E-state index < -0.39 is 0 Å². The number of nitrogens with zero attached hydrogens (tertiary/aromatic N) is 2. The summed E-state index contributed by atoms with van der Waals surface area (Å²) in [5.41, 5.74) is 0.352. The van der Waals surface area contributed by atoms with Crippen LogP contribution in [0.2, 0.25) is 0 Å². The lowest BCUT2D eigenvalue weighted by Crippen LogP contribution is -2.28. The number of hydrogen-bond acceptors (Lipinski definition) is 4. The Bertz CT molecular complexity index is 375. The smallest absolute Gasteiger partial charge is 0.271 e. The first kappa shape index (κ1) is 14.4. The highest BCUT2D eigenvalue weighted by Crippen LogP contribution is 2.05. The summed E-state index contributed by atoms with van der Waals surface area (Å²) in [6.07, 6.45) is 4.11. The van der Waals surface area contributed by atoms with E-state index in [0.29, 0.717) is 30.0 Å². The van der Waals surface area contributed by atoms with Crippen LogP contribution in [-0.4, -0.2) is 28.5 Å². The van der Waals surface area contributed by atoms with Crippen molar-refractivity contribution >= 4 is 11.7 Å². The molecule has 100 valence electrons. The monoisotopic (exact) mass is 250 g/mol. The molecule has 0 saturated heterocycles. The van der Waals surface area contributed by atoms with Gasteiger partial charge in [0.05, 0.1) is 12.4 Å². The Labute approximate surface area is 108 Å². The lowest BCUT2D eigenvalue weighted by atomic mass is 10.2. The van der Waals surface area contributed by atoms with Gasteiger partial charge in [-0.2, -0.15) is 0 Å². The second-order valence-corrected chi connectivity index (χ2v) is 4.84. The van der Waals surface area contributed by atoms with Crippen LogP contribution in [0.1, 0.15) is 44.6 Å². The summed E-state index contributed by atoms with van der Waals surface area (Å²) in [6.45, 7) is 8.91. The Morgan fingerprint density at radius 1 is 1.28 bits per heavy atom. The Balaban J connectivity index is 2.56. The summed E-state index contributed by atoms with van der Waals surface area (Å²) < 4.78 is 0. The zero-order valence-electron chi connectivity index (χ0n) is 11.5. The van der Waals surface area contributed by atoms with E-state index in [-0.39, 0.29) is 5.91 Å². The molecule has 1 rings (SSSR count). The summed E-state index contributed by atoms with van der Waals surface area (Å²) in [6, 6.07) is 0.347. The van der Waals surface area contributed by atoms with E-state index in [0.717, 1.165) is 6.42 Å². The molecule has 0 saturated carbocycles. The van der Waals surface area contributed by atoms with E-state index in [2.05, 4.69) is 34.4 Å². The molecular weight excluding hydrogens is 228 g/mol. The van der Waals surface area contributed by atoms with Crippen molar-refractivity contribution in [3.05, 3.63) is 18.1 Å². The third-order valence-corrected chi connectivity index (χ3v) is 2.56. The molecule has 2 N–H and O–H groups in total. The zero-order chi connectivity index (χ0) is 13.5. The fraction of sp³-hybridized carbons (Fsp3) is 0.615. The van der Waals surface area contributed by atoms with Gasteiger partial charge < -0.3 is 10.6 Å². The van der Waals surface area contributed by atoms with E-state index >= 15 is 0 Å². The maximum absolute atomic E-state index is 11.7. The predicted octanol–water partition coefficient (Wildman–Crippen LogP) is 2.07. The molecule has 1 aromatic rings. The van der Waals surface area contributed by atoms with Gasteiger partial charge in [0, 0.05) is 12.6 Å². The Kier molecular flexibility index (Phi) is 5.55. The average Bonchev–Trinajstić information content (AvgIpc) is 2.36. The molecule has 1 unspecified atom stereocenters. The Hall–Kier alpha value is -1.65. The van der Waals surface area contributed by atoms with E-state index in [9.17, 15) is 4.79 Å². The highest BCUT2D eigenvalue weighted by atomic mass is 16.1. The van der Waals surface area contributed by atoms with Crippen molar-refractivity contribution in [2.45, 2.75) is 40.2 Å². The Morgan fingerprint density at radius 2 is 2.00 bits per heavy atom. The number of carbonyl (C=O) groups excluding carboxylic acids is 1. The molecule has 18 heavy (non-hydrogen) atoms. The van der Waals surface area contributed by atoms with Crippen molar-refractivity contribution in [1.82, 2.24) is 15.3 Å². The van der Waals surface area contributed by atoms with E-state index in [1.54, 1.807) is 6.20 Å². The molecule has 0 bridgehead atoms. The van der Waals surface area contributed by atoms with Crippen molar-refractivity contribution in [3.63, 3.8) is 0 Å². The SMILES string of the molecule is CCC(C)Nc1cnc(C(=O)NCC(C)C)cn1. The first-order valence-electron chi connectivity index (χ1n) is 6.39. The predicted molar refractivity (Wildman–Crippen MR) is 72.6 cm³/mol. The van der Waals surface area contributed by atoms with Gasteiger partial charge in [0.25, 0.3) is 5.91 Å². The molecule has 0 radical (unpaired) electrons. The van der Waals surface area contributed by atoms with E-state index in [1.807, 2.05) is 13.8 Å². The molecule has 0 aliphatic rings. The zero-order valence-corrected chi connectivity index (χ0v) is 11.5. The normalized spacial score (nSPS) is 12.3. The molecule has 1 aromatic heterocycles. The summed E-state index contributed by atoms with van der Waals surface area (Å²) in [7, 11) is 0. The van der Waals surface area contributed by atoms with Crippen molar-refractivity contribution < 1.29 is 4.79 Å². The standard InChI is InChI=1S/C13H22N4O/c1-5-10(4)17-12-8-14-11(7-15-12)13(18)16-6-9(2)3/h7-10H,5-6H2,1-4H3,(H,15,17)(H,16,18). The minimum Gasteiger partial charge on any atom is -0.366 e. The number of amides is 1. The fourth-order valence-electron chi connectivity index (χ4n) is 1.26. The summed E-state index contributed by atoms with van der Waals surface area (Å²) >= 11 is 0.